The summed E-state index contributed by atoms with van der Waals surface area (Å²) in [6, 6.07) is 0. The van der Waals surface area contributed by atoms with E-state index in [1.165, 1.54) is 19.3 Å². The van der Waals surface area contributed by atoms with Gasteiger partial charge in [-0.1, -0.05) is 26.2 Å². The maximum atomic E-state index is 10.4. The first kappa shape index (κ1) is 13.3. The van der Waals surface area contributed by atoms with Crippen molar-refractivity contribution in [2.45, 2.75) is 63.6 Å². The van der Waals surface area contributed by atoms with Crippen LogP contribution in [0.15, 0.2) is 0 Å². The number of likely N-dealkylation sites (tertiary alicyclic amines) is 1. The van der Waals surface area contributed by atoms with Crippen molar-refractivity contribution in [2.75, 3.05) is 19.6 Å². The van der Waals surface area contributed by atoms with Crippen molar-refractivity contribution in [2.24, 2.45) is 5.92 Å². The molecule has 0 radical (unpaired) electrons. The van der Waals surface area contributed by atoms with Crippen molar-refractivity contribution >= 4 is 0 Å². The van der Waals surface area contributed by atoms with Crippen LogP contribution in [0.3, 0.4) is 0 Å². The molecule has 0 aromatic rings. The smallest absolute Gasteiger partial charge is 0.0660 e. The molecule has 1 aliphatic heterocycles. The summed E-state index contributed by atoms with van der Waals surface area (Å²) in [6.45, 7) is 5.08. The molecule has 2 rings (SSSR count). The molecule has 0 amide bonds. The molecule has 2 fully saturated rings. The molecule has 0 aromatic carbocycles. The zero-order chi connectivity index (χ0) is 12.3. The van der Waals surface area contributed by atoms with E-state index in [1.54, 1.807) is 0 Å². The molecule has 1 aliphatic carbocycles. The Morgan fingerprint density at radius 3 is 2.59 bits per heavy atom. The molecule has 3 heteroatoms. The lowest BCUT2D eigenvalue weighted by molar-refractivity contribution is -0.0223. The monoisotopic (exact) mass is 241 g/mol. The summed E-state index contributed by atoms with van der Waals surface area (Å²) in [5, 5.41) is 20.1. The van der Waals surface area contributed by atoms with Crippen molar-refractivity contribution in [3.63, 3.8) is 0 Å². The summed E-state index contributed by atoms with van der Waals surface area (Å²) in [5.74, 6) is 0.379. The van der Waals surface area contributed by atoms with Gasteiger partial charge < -0.3 is 15.1 Å². The first-order valence-electron chi connectivity index (χ1n) is 7.22. The fourth-order valence-corrected chi connectivity index (χ4v) is 3.25. The van der Waals surface area contributed by atoms with Gasteiger partial charge in [-0.25, -0.2) is 0 Å². The van der Waals surface area contributed by atoms with Crippen LogP contribution in [0, 0.1) is 5.92 Å². The molecule has 0 bridgehead atoms. The highest BCUT2D eigenvalue weighted by molar-refractivity contribution is 4.85. The predicted octanol–water partition coefficient (Wildman–Crippen LogP) is 1.77. The fourth-order valence-electron chi connectivity index (χ4n) is 3.25. The van der Waals surface area contributed by atoms with E-state index in [4.69, 9.17) is 0 Å². The van der Waals surface area contributed by atoms with Crippen LogP contribution in [0.5, 0.6) is 0 Å². The normalized spacial score (nSPS) is 34.8. The average molecular weight is 241 g/mol. The van der Waals surface area contributed by atoms with Gasteiger partial charge in [0, 0.05) is 19.6 Å². The van der Waals surface area contributed by atoms with Crippen LogP contribution in [-0.4, -0.2) is 46.5 Å². The minimum absolute atomic E-state index is 0.121. The third-order valence-corrected chi connectivity index (χ3v) is 4.62. The summed E-state index contributed by atoms with van der Waals surface area (Å²) in [5.41, 5.74) is -0.391. The third kappa shape index (κ3) is 3.67. The highest BCUT2D eigenvalue weighted by Crippen LogP contribution is 2.31. The molecule has 1 saturated heterocycles. The summed E-state index contributed by atoms with van der Waals surface area (Å²) in [4.78, 5) is 2.41. The zero-order valence-electron chi connectivity index (χ0n) is 11.1. The van der Waals surface area contributed by atoms with Crippen LogP contribution < -0.4 is 0 Å². The Balaban J connectivity index is 1.74. The highest BCUT2D eigenvalue weighted by Gasteiger charge is 2.31. The summed E-state index contributed by atoms with van der Waals surface area (Å²) >= 11 is 0. The molecule has 17 heavy (non-hydrogen) atoms. The molecule has 3 nitrogen and oxygen atoms in total. The maximum Gasteiger partial charge on any atom is 0.0660 e. The van der Waals surface area contributed by atoms with Crippen molar-refractivity contribution in [1.82, 2.24) is 4.90 Å². The lowest BCUT2D eigenvalue weighted by Crippen LogP contribution is -2.44. The first-order valence-corrected chi connectivity index (χ1v) is 7.22. The molecular formula is C14H27NO2. The van der Waals surface area contributed by atoms with Gasteiger partial charge in [0.25, 0.3) is 0 Å². The molecule has 2 aliphatic rings. The molecule has 100 valence electrons. The number of aliphatic hydroxyl groups is 2. The van der Waals surface area contributed by atoms with Crippen LogP contribution >= 0.6 is 0 Å². The van der Waals surface area contributed by atoms with E-state index in [9.17, 15) is 10.2 Å². The second-order valence-corrected chi connectivity index (χ2v) is 6.17. The number of nitrogens with zero attached hydrogens (tertiary/aromatic N) is 1. The van der Waals surface area contributed by atoms with Crippen LogP contribution in [0.1, 0.15) is 51.9 Å². The highest BCUT2D eigenvalue weighted by atomic mass is 16.3. The topological polar surface area (TPSA) is 43.7 Å². The second kappa shape index (κ2) is 5.68. The number of aliphatic hydroxyl groups excluding tert-OH is 1. The van der Waals surface area contributed by atoms with Gasteiger partial charge in [0.1, 0.15) is 0 Å². The van der Waals surface area contributed by atoms with E-state index in [-0.39, 0.29) is 6.10 Å². The Hall–Kier alpha value is -0.120. The average Bonchev–Trinajstić information content (AvgIpc) is 2.32. The predicted molar refractivity (Wildman–Crippen MR) is 68.9 cm³/mol. The number of rotatable bonds is 3. The van der Waals surface area contributed by atoms with Gasteiger partial charge in [0.2, 0.25) is 0 Å². The van der Waals surface area contributed by atoms with E-state index >= 15 is 0 Å². The van der Waals surface area contributed by atoms with E-state index < -0.39 is 5.60 Å². The molecule has 1 heterocycles. The van der Waals surface area contributed by atoms with Crippen LogP contribution in [0.25, 0.3) is 0 Å². The Labute approximate surface area is 105 Å². The van der Waals surface area contributed by atoms with Crippen molar-refractivity contribution in [3.8, 4) is 0 Å². The standard InChI is InChI=1S/C14H27NO2/c1-12-11-15(9-5-13(12)16)10-8-14(17)6-3-2-4-7-14/h12-13,16-17H,2-11H2,1H3/t12-,13-/m0/s1. The largest absolute Gasteiger partial charge is 0.393 e. The number of piperidine rings is 1. The Kier molecular flexibility index (Phi) is 4.45. The Morgan fingerprint density at radius 2 is 1.94 bits per heavy atom. The van der Waals surface area contributed by atoms with E-state index in [0.29, 0.717) is 5.92 Å². The Morgan fingerprint density at radius 1 is 1.24 bits per heavy atom. The quantitative estimate of drug-likeness (QED) is 0.791. The number of hydrogen-bond donors (Lipinski definition) is 2. The fraction of sp³-hybridized carbons (Fsp3) is 1.00. The van der Waals surface area contributed by atoms with Crippen molar-refractivity contribution in [3.05, 3.63) is 0 Å². The van der Waals surface area contributed by atoms with Gasteiger partial charge in [-0.2, -0.15) is 0 Å². The molecule has 0 aromatic heterocycles. The van der Waals surface area contributed by atoms with Gasteiger partial charge >= 0.3 is 0 Å². The van der Waals surface area contributed by atoms with E-state index in [2.05, 4.69) is 11.8 Å². The molecule has 0 spiro atoms. The summed E-state index contributed by atoms with van der Waals surface area (Å²) in [7, 11) is 0. The van der Waals surface area contributed by atoms with Gasteiger partial charge in [-0.05, 0) is 31.6 Å². The maximum absolute atomic E-state index is 10.4. The van der Waals surface area contributed by atoms with Gasteiger partial charge in [0.15, 0.2) is 0 Å². The minimum Gasteiger partial charge on any atom is -0.393 e. The van der Waals surface area contributed by atoms with Gasteiger partial charge in [-0.15, -0.1) is 0 Å². The minimum atomic E-state index is -0.391. The van der Waals surface area contributed by atoms with Crippen LogP contribution in [0.2, 0.25) is 0 Å². The zero-order valence-corrected chi connectivity index (χ0v) is 11.1. The molecule has 0 unspecified atom stereocenters. The second-order valence-electron chi connectivity index (χ2n) is 6.17. The van der Waals surface area contributed by atoms with Gasteiger partial charge in [0.05, 0.1) is 11.7 Å². The van der Waals surface area contributed by atoms with E-state index in [1.807, 2.05) is 0 Å². The SMILES string of the molecule is C[C@H]1CN(CCC2(O)CCCCC2)CC[C@@H]1O. The Bertz CT molecular complexity index is 238. The van der Waals surface area contributed by atoms with Crippen molar-refractivity contribution < 1.29 is 10.2 Å². The summed E-state index contributed by atoms with van der Waals surface area (Å²) < 4.78 is 0. The summed E-state index contributed by atoms with van der Waals surface area (Å²) in [6.07, 6.45) is 7.31. The van der Waals surface area contributed by atoms with Crippen LogP contribution in [0.4, 0.5) is 0 Å². The molecule has 1 saturated carbocycles. The first-order chi connectivity index (χ1) is 8.09. The third-order valence-electron chi connectivity index (χ3n) is 4.62. The molecule has 2 N–H and O–H groups in total. The van der Waals surface area contributed by atoms with Crippen molar-refractivity contribution in [1.29, 1.82) is 0 Å². The van der Waals surface area contributed by atoms with Crippen LogP contribution in [-0.2, 0) is 0 Å². The molecular weight excluding hydrogens is 214 g/mol. The lowest BCUT2D eigenvalue weighted by Gasteiger charge is -2.38. The lowest BCUT2D eigenvalue weighted by atomic mass is 9.82. The molecule has 2 atom stereocenters. The number of hydrogen-bond acceptors (Lipinski definition) is 3. The van der Waals surface area contributed by atoms with E-state index in [0.717, 1.165) is 45.3 Å². The van der Waals surface area contributed by atoms with Gasteiger partial charge in [-0.3, -0.25) is 0 Å².